The molecule has 2 aliphatic rings. The van der Waals surface area contributed by atoms with Crippen molar-refractivity contribution in [3.8, 4) is 17.2 Å². The number of hydrogen-bond acceptors (Lipinski definition) is 8. The van der Waals surface area contributed by atoms with Crippen LogP contribution >= 0.6 is 0 Å². The number of hydroxylamine groups is 2. The van der Waals surface area contributed by atoms with Gasteiger partial charge in [-0.3, -0.25) is 4.79 Å². The molecule has 2 saturated heterocycles. The smallest absolute Gasteiger partial charge is 0.379 e. The maximum Gasteiger partial charge on any atom is 0.492 e. The molecule has 220 valence electrons. The van der Waals surface area contributed by atoms with Crippen LogP contribution < -0.4 is 5.32 Å². The number of nitrogens with one attached hydrogen (secondary N) is 1. The lowest BCUT2D eigenvalue weighted by molar-refractivity contribution is -0.248. The highest BCUT2D eigenvalue weighted by Crippen LogP contribution is 2.26. The highest BCUT2D eigenvalue weighted by Gasteiger charge is 2.44. The summed E-state index contributed by atoms with van der Waals surface area (Å²) in [6, 6.07) is 14.5. The van der Waals surface area contributed by atoms with E-state index in [1.54, 1.807) is 48.5 Å². The lowest BCUT2D eigenvalue weighted by Gasteiger charge is -2.32. The lowest BCUT2D eigenvalue weighted by Crippen LogP contribution is -2.51. The molecule has 0 saturated carbocycles. The minimum Gasteiger partial charge on any atom is -0.379 e. The van der Waals surface area contributed by atoms with Crippen molar-refractivity contribution in [3.05, 3.63) is 54.1 Å². The van der Waals surface area contributed by atoms with E-state index in [0.29, 0.717) is 44.7 Å². The maximum atomic E-state index is 12.8. The zero-order valence-electron chi connectivity index (χ0n) is 22.0. The summed E-state index contributed by atoms with van der Waals surface area (Å²) in [4.78, 5) is 28.6. The predicted molar refractivity (Wildman–Crippen MR) is 139 cm³/mol. The van der Waals surface area contributed by atoms with Gasteiger partial charge in [-0.05, 0) is 48.1 Å². The quantitative estimate of drug-likeness (QED) is 0.494. The Kier molecular flexibility index (Phi) is 9.64. The number of hydrogen-bond donors (Lipinski definition) is 1. The average Bonchev–Trinajstić information content (AvgIpc) is 2.98. The number of piperidine rings is 1. The second kappa shape index (κ2) is 13.0. The largest absolute Gasteiger partial charge is 0.492 e. The molecule has 0 aromatic heterocycles. The molecule has 0 radical (unpaired) electrons. The molecule has 2 fully saturated rings. The van der Waals surface area contributed by atoms with Gasteiger partial charge in [-0.25, -0.2) is 13.2 Å². The van der Waals surface area contributed by atoms with Crippen molar-refractivity contribution >= 4 is 21.9 Å². The van der Waals surface area contributed by atoms with Crippen LogP contribution in [0.25, 0.3) is 11.1 Å². The summed E-state index contributed by atoms with van der Waals surface area (Å²) in [5.74, 6) is -3.77. The van der Waals surface area contributed by atoms with Crippen molar-refractivity contribution in [2.24, 2.45) is 0 Å². The SMILES string of the molecule is N#C[C@@H](CNC(=O)[C@@H]1CCCCN1OC(=O)C(F)(F)F)c1ccc(-c2ccc(S(=O)(=O)N3CCOCC3)cc2)cc1. The minimum absolute atomic E-state index is 0.0107. The van der Waals surface area contributed by atoms with Gasteiger partial charge < -0.3 is 14.9 Å². The molecule has 2 aliphatic heterocycles. The van der Waals surface area contributed by atoms with Crippen LogP contribution in [0.15, 0.2) is 53.4 Å². The van der Waals surface area contributed by atoms with Gasteiger partial charge in [-0.2, -0.15) is 22.7 Å². The van der Waals surface area contributed by atoms with Gasteiger partial charge in [0.15, 0.2) is 0 Å². The number of sulfonamides is 1. The number of carbonyl (C=O) groups excluding carboxylic acids is 2. The highest BCUT2D eigenvalue weighted by atomic mass is 32.2. The van der Waals surface area contributed by atoms with Gasteiger partial charge in [0, 0.05) is 26.2 Å². The Morgan fingerprint density at radius 1 is 1.02 bits per heavy atom. The standard InChI is InChI=1S/C27H29F3N4O6S/c28-27(29,30)26(36)40-34-12-2-1-3-24(34)25(35)32-18-22(17-31)21-6-4-19(5-7-21)20-8-10-23(11-9-20)41(37,38)33-13-15-39-16-14-33/h4-11,22,24H,1-3,12-16,18H2,(H,32,35)/t22-,24-/m0/s1. The number of rotatable bonds is 8. The number of alkyl halides is 3. The molecule has 2 aromatic rings. The topological polar surface area (TPSA) is 129 Å². The van der Waals surface area contributed by atoms with Crippen LogP contribution in [0.2, 0.25) is 0 Å². The third-order valence-electron chi connectivity index (χ3n) is 6.93. The second-order valence-corrected chi connectivity index (χ2v) is 11.6. The Labute approximate surface area is 235 Å². The molecule has 2 heterocycles. The van der Waals surface area contributed by atoms with Crippen molar-refractivity contribution in [3.63, 3.8) is 0 Å². The second-order valence-electron chi connectivity index (χ2n) is 9.62. The number of ether oxygens (including phenoxy) is 1. The summed E-state index contributed by atoms with van der Waals surface area (Å²) in [6.07, 6.45) is -3.94. The summed E-state index contributed by atoms with van der Waals surface area (Å²) in [5.41, 5.74) is 2.16. The van der Waals surface area contributed by atoms with Crippen molar-refractivity contribution in [2.45, 2.75) is 42.3 Å². The number of carbonyl (C=O) groups is 2. The molecule has 0 unspecified atom stereocenters. The molecular weight excluding hydrogens is 565 g/mol. The molecular formula is C27H29F3N4O6S. The first-order chi connectivity index (χ1) is 19.5. The van der Waals surface area contributed by atoms with E-state index in [-0.39, 0.29) is 24.4 Å². The molecule has 1 N–H and O–H groups in total. The van der Waals surface area contributed by atoms with Gasteiger partial charge in [0.1, 0.15) is 6.04 Å². The van der Waals surface area contributed by atoms with E-state index < -0.39 is 40.0 Å². The van der Waals surface area contributed by atoms with Crippen LogP contribution in [-0.4, -0.2) is 81.3 Å². The molecule has 2 aromatic carbocycles. The number of halogens is 3. The van der Waals surface area contributed by atoms with Crippen LogP contribution in [-0.2, 0) is 29.2 Å². The van der Waals surface area contributed by atoms with Gasteiger partial charge in [0.2, 0.25) is 15.9 Å². The highest BCUT2D eigenvalue weighted by molar-refractivity contribution is 7.89. The van der Waals surface area contributed by atoms with E-state index in [2.05, 4.69) is 16.2 Å². The van der Waals surface area contributed by atoms with Crippen molar-refractivity contribution in [1.29, 1.82) is 5.26 Å². The fourth-order valence-electron chi connectivity index (χ4n) is 4.66. The third kappa shape index (κ3) is 7.42. The summed E-state index contributed by atoms with van der Waals surface area (Å²) in [7, 11) is -3.61. The molecule has 10 nitrogen and oxygen atoms in total. The minimum atomic E-state index is -5.18. The Balaban J connectivity index is 1.37. The van der Waals surface area contributed by atoms with E-state index in [9.17, 15) is 36.4 Å². The summed E-state index contributed by atoms with van der Waals surface area (Å²) in [6.45, 7) is 1.21. The third-order valence-corrected chi connectivity index (χ3v) is 8.85. The van der Waals surface area contributed by atoms with E-state index in [1.807, 2.05) is 0 Å². The van der Waals surface area contributed by atoms with E-state index >= 15 is 0 Å². The maximum absolute atomic E-state index is 12.8. The van der Waals surface area contributed by atoms with Crippen molar-refractivity contribution in [1.82, 2.24) is 14.7 Å². The van der Waals surface area contributed by atoms with Gasteiger partial charge in [-0.1, -0.05) is 36.4 Å². The van der Waals surface area contributed by atoms with Gasteiger partial charge >= 0.3 is 12.1 Å². The number of benzene rings is 2. The van der Waals surface area contributed by atoms with Crippen LogP contribution in [0.3, 0.4) is 0 Å². The average molecular weight is 595 g/mol. The van der Waals surface area contributed by atoms with Gasteiger partial charge in [0.05, 0.1) is 30.1 Å². The first kappa shape index (κ1) is 30.4. The summed E-state index contributed by atoms with van der Waals surface area (Å²) >= 11 is 0. The first-order valence-electron chi connectivity index (χ1n) is 13.0. The van der Waals surface area contributed by atoms with Crippen LogP contribution in [0, 0.1) is 11.3 Å². The Morgan fingerprint density at radius 2 is 1.63 bits per heavy atom. The predicted octanol–water partition coefficient (Wildman–Crippen LogP) is 2.97. The fraction of sp³-hybridized carbons (Fsp3) is 0.444. The monoisotopic (exact) mass is 594 g/mol. The van der Waals surface area contributed by atoms with Gasteiger partial charge in [-0.15, -0.1) is 5.06 Å². The fourth-order valence-corrected chi connectivity index (χ4v) is 6.06. The van der Waals surface area contributed by atoms with E-state index in [0.717, 1.165) is 16.2 Å². The zero-order chi connectivity index (χ0) is 29.6. The molecule has 1 amide bonds. The lowest BCUT2D eigenvalue weighted by atomic mass is 9.96. The summed E-state index contributed by atoms with van der Waals surface area (Å²) < 4.78 is 70.2. The number of nitrogens with zero attached hydrogens (tertiary/aromatic N) is 3. The van der Waals surface area contributed by atoms with Gasteiger partial charge in [0.25, 0.3) is 0 Å². The molecule has 14 heteroatoms. The van der Waals surface area contributed by atoms with Crippen LogP contribution in [0.1, 0.15) is 30.7 Å². The Hall–Kier alpha value is -3.51. The molecule has 2 atom stereocenters. The normalized spacial score (nSPS) is 19.6. The number of morpholine rings is 1. The molecule has 0 bridgehead atoms. The van der Waals surface area contributed by atoms with Crippen LogP contribution in [0.4, 0.5) is 13.2 Å². The summed E-state index contributed by atoms with van der Waals surface area (Å²) in [5, 5.41) is 13.0. The zero-order valence-corrected chi connectivity index (χ0v) is 22.8. The molecule has 0 spiro atoms. The van der Waals surface area contributed by atoms with E-state index in [1.165, 1.54) is 4.31 Å². The Bertz CT molecular complexity index is 1370. The van der Waals surface area contributed by atoms with Crippen molar-refractivity contribution in [2.75, 3.05) is 39.4 Å². The van der Waals surface area contributed by atoms with E-state index in [4.69, 9.17) is 4.74 Å². The molecule has 4 rings (SSSR count). The first-order valence-corrected chi connectivity index (χ1v) is 14.5. The van der Waals surface area contributed by atoms with Crippen LogP contribution in [0.5, 0.6) is 0 Å². The van der Waals surface area contributed by atoms with Crippen molar-refractivity contribution < 1.29 is 40.8 Å². The number of amides is 1. The molecule has 0 aliphatic carbocycles. The molecule has 41 heavy (non-hydrogen) atoms. The number of nitriles is 1. The Morgan fingerprint density at radius 3 is 2.22 bits per heavy atom.